The first-order valence-corrected chi connectivity index (χ1v) is 7.44. The van der Waals surface area contributed by atoms with E-state index in [9.17, 15) is 14.7 Å². The molecule has 0 saturated heterocycles. The molecule has 3 N–H and O–H groups in total. The van der Waals surface area contributed by atoms with Crippen molar-refractivity contribution in [1.29, 1.82) is 0 Å². The Hall–Kier alpha value is -2.34. The third-order valence-corrected chi connectivity index (χ3v) is 3.67. The molecule has 1 atom stereocenters. The first kappa shape index (κ1) is 15.1. The molecule has 6 heteroatoms. The molecule has 1 heterocycles. The number of rotatable bonds is 6. The Kier molecular flexibility index (Phi) is 5.34. The highest BCUT2D eigenvalue weighted by Crippen LogP contribution is 2.12. The molecule has 0 spiro atoms. The molecule has 21 heavy (non-hydrogen) atoms. The van der Waals surface area contributed by atoms with Crippen LogP contribution in [0, 0.1) is 0 Å². The van der Waals surface area contributed by atoms with Gasteiger partial charge in [-0.1, -0.05) is 30.3 Å². The minimum Gasteiger partial charge on any atom is -0.479 e. The van der Waals surface area contributed by atoms with Gasteiger partial charge in [-0.25, -0.2) is 9.59 Å². The van der Waals surface area contributed by atoms with E-state index >= 15 is 0 Å². The van der Waals surface area contributed by atoms with Crippen LogP contribution in [0.1, 0.15) is 17.2 Å². The van der Waals surface area contributed by atoms with Crippen LogP contribution in [-0.4, -0.2) is 23.7 Å². The zero-order valence-corrected chi connectivity index (χ0v) is 12.1. The molecule has 0 unspecified atom stereocenters. The molecule has 2 aromatic rings. The van der Waals surface area contributed by atoms with E-state index in [-0.39, 0.29) is 0 Å². The van der Waals surface area contributed by atoms with Crippen molar-refractivity contribution >= 4 is 23.3 Å². The molecule has 110 valence electrons. The number of urea groups is 1. The normalized spacial score (nSPS) is 11.6. The van der Waals surface area contributed by atoms with Gasteiger partial charge in [0, 0.05) is 6.54 Å². The SMILES string of the molecule is O=C(NCCc1ccsc1)N[C@@H](C(=O)O)c1ccccc1. The molecular formula is C15H16N2O3S. The molecule has 0 aliphatic heterocycles. The van der Waals surface area contributed by atoms with E-state index in [0.717, 1.165) is 12.0 Å². The highest BCUT2D eigenvalue weighted by molar-refractivity contribution is 7.07. The van der Waals surface area contributed by atoms with Crippen molar-refractivity contribution in [2.45, 2.75) is 12.5 Å². The Morgan fingerprint density at radius 2 is 1.95 bits per heavy atom. The molecule has 0 aliphatic rings. The lowest BCUT2D eigenvalue weighted by atomic mass is 10.1. The Morgan fingerprint density at radius 1 is 1.19 bits per heavy atom. The van der Waals surface area contributed by atoms with Crippen LogP contribution in [0.3, 0.4) is 0 Å². The smallest absolute Gasteiger partial charge is 0.330 e. The molecule has 2 amide bonds. The lowest BCUT2D eigenvalue weighted by Gasteiger charge is -2.15. The molecule has 1 aromatic heterocycles. The Bertz CT molecular complexity index is 584. The van der Waals surface area contributed by atoms with Crippen LogP contribution in [0.25, 0.3) is 0 Å². The van der Waals surface area contributed by atoms with Gasteiger partial charge < -0.3 is 15.7 Å². The van der Waals surface area contributed by atoms with E-state index in [1.54, 1.807) is 41.7 Å². The molecule has 0 saturated carbocycles. The number of carbonyl (C=O) groups excluding carboxylic acids is 1. The predicted octanol–water partition coefficient (Wildman–Crippen LogP) is 2.42. The van der Waals surface area contributed by atoms with Gasteiger partial charge in [0.25, 0.3) is 0 Å². The Morgan fingerprint density at radius 3 is 2.57 bits per heavy atom. The average Bonchev–Trinajstić information content (AvgIpc) is 2.98. The number of hydrogen-bond acceptors (Lipinski definition) is 3. The van der Waals surface area contributed by atoms with E-state index in [0.29, 0.717) is 12.1 Å². The van der Waals surface area contributed by atoms with Crippen molar-refractivity contribution in [3.8, 4) is 0 Å². The summed E-state index contributed by atoms with van der Waals surface area (Å²) in [5, 5.41) is 18.3. The maximum atomic E-state index is 11.8. The summed E-state index contributed by atoms with van der Waals surface area (Å²) in [5.74, 6) is -1.09. The minimum absolute atomic E-state index is 0.462. The van der Waals surface area contributed by atoms with Crippen LogP contribution >= 0.6 is 11.3 Å². The highest BCUT2D eigenvalue weighted by atomic mass is 32.1. The quantitative estimate of drug-likeness (QED) is 0.767. The minimum atomic E-state index is -1.09. The van der Waals surface area contributed by atoms with Crippen molar-refractivity contribution in [2.75, 3.05) is 6.54 Å². The van der Waals surface area contributed by atoms with Gasteiger partial charge in [0.05, 0.1) is 0 Å². The van der Waals surface area contributed by atoms with Crippen molar-refractivity contribution in [1.82, 2.24) is 10.6 Å². The molecule has 1 aromatic carbocycles. The van der Waals surface area contributed by atoms with Gasteiger partial charge in [0.15, 0.2) is 6.04 Å². The van der Waals surface area contributed by atoms with Crippen LogP contribution in [0.4, 0.5) is 4.79 Å². The second-order valence-corrected chi connectivity index (χ2v) is 5.24. The fourth-order valence-electron chi connectivity index (χ4n) is 1.87. The third kappa shape index (κ3) is 4.61. The average molecular weight is 304 g/mol. The lowest BCUT2D eigenvalue weighted by Crippen LogP contribution is -2.41. The van der Waals surface area contributed by atoms with Crippen LogP contribution in [-0.2, 0) is 11.2 Å². The van der Waals surface area contributed by atoms with Crippen LogP contribution in [0.5, 0.6) is 0 Å². The first-order valence-electron chi connectivity index (χ1n) is 6.50. The zero-order valence-electron chi connectivity index (χ0n) is 11.3. The van der Waals surface area contributed by atoms with Gasteiger partial charge >= 0.3 is 12.0 Å². The maximum Gasteiger partial charge on any atom is 0.330 e. The summed E-state index contributed by atoms with van der Waals surface area (Å²) in [6.45, 7) is 0.462. The highest BCUT2D eigenvalue weighted by Gasteiger charge is 2.21. The van der Waals surface area contributed by atoms with E-state index in [4.69, 9.17) is 0 Å². The van der Waals surface area contributed by atoms with Gasteiger partial charge in [-0.05, 0) is 34.4 Å². The van der Waals surface area contributed by atoms with Crippen molar-refractivity contribution < 1.29 is 14.7 Å². The molecule has 0 bridgehead atoms. The predicted molar refractivity (Wildman–Crippen MR) is 81.4 cm³/mol. The molecule has 0 radical (unpaired) electrons. The van der Waals surface area contributed by atoms with Crippen LogP contribution in [0.2, 0.25) is 0 Å². The number of benzene rings is 1. The fraction of sp³-hybridized carbons (Fsp3) is 0.200. The fourth-order valence-corrected chi connectivity index (χ4v) is 2.57. The largest absolute Gasteiger partial charge is 0.479 e. The number of amides is 2. The summed E-state index contributed by atoms with van der Waals surface area (Å²) < 4.78 is 0. The summed E-state index contributed by atoms with van der Waals surface area (Å²) in [5.41, 5.74) is 1.69. The van der Waals surface area contributed by atoms with Crippen molar-refractivity contribution in [2.24, 2.45) is 0 Å². The number of carboxylic acids is 1. The number of carbonyl (C=O) groups is 2. The topological polar surface area (TPSA) is 78.4 Å². The second kappa shape index (κ2) is 7.44. The van der Waals surface area contributed by atoms with Gasteiger partial charge in [-0.15, -0.1) is 0 Å². The van der Waals surface area contributed by atoms with Gasteiger partial charge in [0.2, 0.25) is 0 Å². The molecule has 5 nitrogen and oxygen atoms in total. The summed E-state index contributed by atoms with van der Waals surface area (Å²) in [6.07, 6.45) is 0.722. The number of hydrogen-bond donors (Lipinski definition) is 3. The Labute approximate surface area is 126 Å². The number of carboxylic acid groups (broad SMARTS) is 1. The summed E-state index contributed by atoms with van der Waals surface area (Å²) in [7, 11) is 0. The Balaban J connectivity index is 1.85. The van der Waals surface area contributed by atoms with Gasteiger partial charge in [-0.3, -0.25) is 0 Å². The number of nitrogens with one attached hydrogen (secondary N) is 2. The molecule has 0 fully saturated rings. The van der Waals surface area contributed by atoms with E-state index in [1.807, 2.05) is 16.8 Å². The molecule has 2 rings (SSSR count). The third-order valence-electron chi connectivity index (χ3n) is 2.93. The summed E-state index contributed by atoms with van der Waals surface area (Å²) in [4.78, 5) is 23.0. The van der Waals surface area contributed by atoms with Gasteiger partial charge in [-0.2, -0.15) is 11.3 Å². The van der Waals surface area contributed by atoms with E-state index in [1.165, 1.54) is 0 Å². The molecule has 0 aliphatic carbocycles. The van der Waals surface area contributed by atoms with Crippen molar-refractivity contribution in [3.63, 3.8) is 0 Å². The summed E-state index contributed by atoms with van der Waals surface area (Å²) >= 11 is 1.60. The van der Waals surface area contributed by atoms with Gasteiger partial charge in [0.1, 0.15) is 0 Å². The number of aliphatic carboxylic acids is 1. The van der Waals surface area contributed by atoms with Crippen LogP contribution < -0.4 is 10.6 Å². The van der Waals surface area contributed by atoms with Crippen molar-refractivity contribution in [3.05, 3.63) is 58.3 Å². The lowest BCUT2D eigenvalue weighted by molar-refractivity contribution is -0.139. The zero-order chi connectivity index (χ0) is 15.1. The van der Waals surface area contributed by atoms with Crippen LogP contribution in [0.15, 0.2) is 47.2 Å². The second-order valence-electron chi connectivity index (χ2n) is 4.46. The maximum absolute atomic E-state index is 11.8. The van der Waals surface area contributed by atoms with E-state index in [2.05, 4.69) is 10.6 Å². The molecular weight excluding hydrogens is 288 g/mol. The standard InChI is InChI=1S/C15H16N2O3S/c18-14(19)13(12-4-2-1-3-5-12)17-15(20)16-8-6-11-7-9-21-10-11/h1-5,7,9-10,13H,6,8H2,(H,18,19)(H2,16,17,20)/t13-/m1/s1. The monoisotopic (exact) mass is 304 g/mol. The first-order chi connectivity index (χ1) is 10.2. The van der Waals surface area contributed by atoms with E-state index < -0.39 is 18.0 Å². The number of thiophene rings is 1. The summed E-state index contributed by atoms with van der Waals surface area (Å²) in [6, 6.07) is 9.07.